The summed E-state index contributed by atoms with van der Waals surface area (Å²) in [6.07, 6.45) is 2.14. The van der Waals surface area contributed by atoms with Gasteiger partial charge in [-0.25, -0.2) is 0 Å². The maximum atomic E-state index is 11.3. The van der Waals surface area contributed by atoms with Crippen LogP contribution >= 0.6 is 15.9 Å². The molecular formula is C12H14BrNO3. The first-order chi connectivity index (χ1) is 8.11. The van der Waals surface area contributed by atoms with Crippen molar-refractivity contribution in [2.75, 3.05) is 13.2 Å². The Bertz CT molecular complexity index is 389. The standard InChI is InChI=1S/C12H14BrNO3/c13-10-4-1-9(2-5-10)3-6-12(17)14-7-11(16)8-15/h1-6,11,15-16H,7-8H2,(H,14,17). The van der Waals surface area contributed by atoms with Crippen LogP contribution in [0.5, 0.6) is 0 Å². The Balaban J connectivity index is 2.42. The van der Waals surface area contributed by atoms with Crippen molar-refractivity contribution in [3.63, 3.8) is 0 Å². The van der Waals surface area contributed by atoms with Crippen molar-refractivity contribution < 1.29 is 15.0 Å². The minimum absolute atomic E-state index is 0.0417. The molecule has 0 bridgehead atoms. The molecule has 1 unspecified atom stereocenters. The van der Waals surface area contributed by atoms with Gasteiger partial charge in [0, 0.05) is 17.1 Å². The lowest BCUT2D eigenvalue weighted by atomic mass is 10.2. The summed E-state index contributed by atoms with van der Waals surface area (Å²) in [5.41, 5.74) is 0.908. The maximum Gasteiger partial charge on any atom is 0.244 e. The normalized spacial score (nSPS) is 12.6. The summed E-state index contributed by atoms with van der Waals surface area (Å²) in [6, 6.07) is 7.51. The second-order valence-electron chi connectivity index (χ2n) is 3.47. The van der Waals surface area contributed by atoms with E-state index in [2.05, 4.69) is 21.2 Å². The Hall–Kier alpha value is -1.17. The fraction of sp³-hybridized carbons (Fsp3) is 0.250. The molecule has 5 heteroatoms. The predicted molar refractivity (Wildman–Crippen MR) is 69.3 cm³/mol. The molecule has 0 spiro atoms. The van der Waals surface area contributed by atoms with Crippen molar-refractivity contribution in [1.29, 1.82) is 0 Å². The third kappa shape index (κ3) is 5.63. The second kappa shape index (κ2) is 7.21. The summed E-state index contributed by atoms with van der Waals surface area (Å²) in [4.78, 5) is 11.3. The number of hydrogen-bond acceptors (Lipinski definition) is 3. The van der Waals surface area contributed by atoms with E-state index < -0.39 is 6.10 Å². The van der Waals surface area contributed by atoms with Crippen molar-refractivity contribution in [3.8, 4) is 0 Å². The number of carbonyl (C=O) groups excluding carboxylic acids is 1. The van der Waals surface area contributed by atoms with Crippen molar-refractivity contribution in [2.45, 2.75) is 6.10 Å². The minimum Gasteiger partial charge on any atom is -0.394 e. The quantitative estimate of drug-likeness (QED) is 0.709. The summed E-state index contributed by atoms with van der Waals surface area (Å²) in [7, 11) is 0. The van der Waals surface area contributed by atoms with Gasteiger partial charge in [0.25, 0.3) is 0 Å². The van der Waals surface area contributed by atoms with Gasteiger partial charge in [0.2, 0.25) is 5.91 Å². The van der Waals surface area contributed by atoms with Gasteiger partial charge >= 0.3 is 0 Å². The molecule has 17 heavy (non-hydrogen) atoms. The number of hydrogen-bond donors (Lipinski definition) is 3. The topological polar surface area (TPSA) is 69.6 Å². The van der Waals surface area contributed by atoms with Crippen LogP contribution in [0.15, 0.2) is 34.8 Å². The molecule has 0 heterocycles. The fourth-order valence-electron chi connectivity index (χ4n) is 1.09. The number of amides is 1. The molecule has 1 aromatic rings. The van der Waals surface area contributed by atoms with Crippen LogP contribution in [0.3, 0.4) is 0 Å². The van der Waals surface area contributed by atoms with Crippen LogP contribution in [0, 0.1) is 0 Å². The Morgan fingerprint density at radius 2 is 2.06 bits per heavy atom. The first-order valence-corrected chi connectivity index (χ1v) is 5.91. The first-order valence-electron chi connectivity index (χ1n) is 5.12. The lowest BCUT2D eigenvalue weighted by molar-refractivity contribution is -0.117. The van der Waals surface area contributed by atoms with Crippen molar-refractivity contribution in [2.24, 2.45) is 0 Å². The van der Waals surface area contributed by atoms with Gasteiger partial charge in [-0.3, -0.25) is 4.79 Å². The summed E-state index contributed by atoms with van der Waals surface area (Å²) in [6.45, 7) is -0.323. The molecule has 0 radical (unpaired) electrons. The van der Waals surface area contributed by atoms with Crippen LogP contribution in [0.1, 0.15) is 5.56 Å². The SMILES string of the molecule is O=C(C=Cc1ccc(Br)cc1)NCC(O)CO. The average Bonchev–Trinajstić information content (AvgIpc) is 2.35. The molecule has 1 aromatic carbocycles. The molecule has 0 fully saturated rings. The molecule has 0 aromatic heterocycles. The van der Waals surface area contributed by atoms with Crippen molar-refractivity contribution in [1.82, 2.24) is 5.32 Å². The average molecular weight is 300 g/mol. The summed E-state index contributed by atoms with van der Waals surface area (Å²) >= 11 is 3.32. The van der Waals surface area contributed by atoms with Crippen LogP contribution in [-0.4, -0.2) is 35.4 Å². The molecular weight excluding hydrogens is 286 g/mol. The number of nitrogens with one attached hydrogen (secondary N) is 1. The number of aliphatic hydroxyl groups excluding tert-OH is 2. The summed E-state index contributed by atoms with van der Waals surface area (Å²) in [5.74, 6) is -0.305. The van der Waals surface area contributed by atoms with E-state index in [-0.39, 0.29) is 19.1 Å². The molecule has 0 aliphatic carbocycles. The largest absolute Gasteiger partial charge is 0.394 e. The van der Waals surface area contributed by atoms with Gasteiger partial charge in [0.05, 0.1) is 12.7 Å². The highest BCUT2D eigenvalue weighted by Gasteiger charge is 2.02. The third-order valence-corrected chi connectivity index (χ3v) is 2.55. The lowest BCUT2D eigenvalue weighted by Crippen LogP contribution is -2.32. The Morgan fingerprint density at radius 1 is 1.41 bits per heavy atom. The number of aliphatic hydroxyl groups is 2. The monoisotopic (exact) mass is 299 g/mol. The van der Waals surface area contributed by atoms with Gasteiger partial charge in [0.1, 0.15) is 0 Å². The predicted octanol–water partition coefficient (Wildman–Crippen LogP) is 0.932. The first kappa shape index (κ1) is 13.9. The van der Waals surface area contributed by atoms with E-state index in [9.17, 15) is 4.79 Å². The number of benzene rings is 1. The highest BCUT2D eigenvalue weighted by atomic mass is 79.9. The lowest BCUT2D eigenvalue weighted by Gasteiger charge is -2.06. The zero-order chi connectivity index (χ0) is 12.7. The van der Waals surface area contributed by atoms with Gasteiger partial charge in [-0.1, -0.05) is 28.1 Å². The molecule has 0 aliphatic rings. The third-order valence-electron chi connectivity index (χ3n) is 2.02. The Labute approximate surface area is 108 Å². The van der Waals surface area contributed by atoms with Crippen LogP contribution < -0.4 is 5.32 Å². The van der Waals surface area contributed by atoms with E-state index in [0.717, 1.165) is 10.0 Å². The van der Waals surface area contributed by atoms with Gasteiger partial charge in [0.15, 0.2) is 0 Å². The Kier molecular flexibility index (Phi) is 5.90. The van der Waals surface area contributed by atoms with E-state index in [1.54, 1.807) is 6.08 Å². The van der Waals surface area contributed by atoms with Gasteiger partial charge in [-0.2, -0.15) is 0 Å². The van der Waals surface area contributed by atoms with Gasteiger partial charge < -0.3 is 15.5 Å². The highest BCUT2D eigenvalue weighted by molar-refractivity contribution is 9.10. The summed E-state index contributed by atoms with van der Waals surface area (Å²) < 4.78 is 0.977. The van der Waals surface area contributed by atoms with E-state index in [1.807, 2.05) is 24.3 Å². The number of carbonyl (C=O) groups is 1. The van der Waals surface area contributed by atoms with Crippen molar-refractivity contribution in [3.05, 3.63) is 40.4 Å². The molecule has 0 saturated carbocycles. The van der Waals surface area contributed by atoms with Crippen LogP contribution in [0.2, 0.25) is 0 Å². The van der Waals surface area contributed by atoms with E-state index in [4.69, 9.17) is 10.2 Å². The van der Waals surface area contributed by atoms with E-state index >= 15 is 0 Å². The molecule has 4 nitrogen and oxygen atoms in total. The molecule has 1 atom stereocenters. The molecule has 92 valence electrons. The Morgan fingerprint density at radius 3 is 2.65 bits per heavy atom. The minimum atomic E-state index is -0.917. The zero-order valence-electron chi connectivity index (χ0n) is 9.14. The molecule has 1 rings (SSSR count). The van der Waals surface area contributed by atoms with Crippen molar-refractivity contribution >= 4 is 27.9 Å². The van der Waals surface area contributed by atoms with Crippen LogP contribution in [0.25, 0.3) is 6.08 Å². The highest BCUT2D eigenvalue weighted by Crippen LogP contribution is 2.11. The van der Waals surface area contributed by atoms with Gasteiger partial charge in [-0.05, 0) is 23.8 Å². The number of halogens is 1. The van der Waals surface area contributed by atoms with E-state index in [1.165, 1.54) is 6.08 Å². The summed E-state index contributed by atoms with van der Waals surface area (Å²) in [5, 5.41) is 20.1. The van der Waals surface area contributed by atoms with Crippen LogP contribution in [-0.2, 0) is 4.79 Å². The molecule has 0 saturated heterocycles. The fourth-order valence-corrected chi connectivity index (χ4v) is 1.35. The smallest absolute Gasteiger partial charge is 0.244 e. The second-order valence-corrected chi connectivity index (χ2v) is 4.38. The molecule has 1 amide bonds. The maximum absolute atomic E-state index is 11.3. The zero-order valence-corrected chi connectivity index (χ0v) is 10.7. The number of rotatable bonds is 5. The molecule has 3 N–H and O–H groups in total. The van der Waals surface area contributed by atoms with Crippen LogP contribution in [0.4, 0.5) is 0 Å². The molecule has 0 aliphatic heterocycles. The van der Waals surface area contributed by atoms with Gasteiger partial charge in [-0.15, -0.1) is 0 Å². The van der Waals surface area contributed by atoms with E-state index in [0.29, 0.717) is 0 Å².